The fourth-order valence-electron chi connectivity index (χ4n) is 2.05. The molecule has 0 bridgehead atoms. The summed E-state index contributed by atoms with van der Waals surface area (Å²) in [4.78, 5) is 12.2. The Bertz CT molecular complexity index is 427. The molecule has 1 amide bonds. The third-order valence-corrected chi connectivity index (χ3v) is 2.95. The van der Waals surface area contributed by atoms with Crippen LogP contribution in [0.5, 0.6) is 0 Å². The summed E-state index contributed by atoms with van der Waals surface area (Å²) in [5.41, 5.74) is 0.649. The number of rotatable bonds is 3. The van der Waals surface area contributed by atoms with Crippen molar-refractivity contribution in [3.63, 3.8) is 0 Å². The molecule has 1 fully saturated rings. The first-order chi connectivity index (χ1) is 8.98. The number of hydrogen-bond acceptors (Lipinski definition) is 2. The van der Waals surface area contributed by atoms with E-state index in [9.17, 15) is 18.0 Å². The van der Waals surface area contributed by atoms with Gasteiger partial charge in [0.25, 0.3) is 0 Å². The van der Waals surface area contributed by atoms with Crippen LogP contribution in [0.2, 0.25) is 0 Å². The molecule has 0 saturated carbocycles. The van der Waals surface area contributed by atoms with Crippen molar-refractivity contribution in [2.75, 3.05) is 6.61 Å². The van der Waals surface area contributed by atoms with Crippen LogP contribution in [-0.2, 0) is 16.1 Å². The van der Waals surface area contributed by atoms with Crippen LogP contribution in [0.3, 0.4) is 0 Å². The van der Waals surface area contributed by atoms with Gasteiger partial charge in [0.2, 0.25) is 0 Å². The highest BCUT2D eigenvalue weighted by Gasteiger charge is 2.45. The van der Waals surface area contributed by atoms with Gasteiger partial charge in [-0.25, -0.2) is 0 Å². The Morgan fingerprint density at radius 1 is 1.32 bits per heavy atom. The van der Waals surface area contributed by atoms with Crippen LogP contribution >= 0.6 is 0 Å². The number of alkyl halides is 3. The fraction of sp³-hybridized carbons (Fsp3) is 0.462. The number of nitrogens with zero attached hydrogens (tertiary/aromatic N) is 1. The van der Waals surface area contributed by atoms with E-state index in [1.54, 1.807) is 30.3 Å². The molecule has 0 radical (unpaired) electrons. The minimum Gasteiger partial charge on any atom is -0.358 e. The maximum atomic E-state index is 12.6. The van der Waals surface area contributed by atoms with E-state index in [0.717, 1.165) is 4.90 Å². The number of ether oxygens (including phenoxy) is 1. The third kappa shape index (κ3) is 3.47. The number of amides is 1. The highest BCUT2D eigenvalue weighted by molar-refractivity contribution is 5.82. The van der Waals surface area contributed by atoms with Crippen molar-refractivity contribution in [2.45, 2.75) is 31.8 Å². The lowest BCUT2D eigenvalue weighted by Gasteiger charge is -2.29. The van der Waals surface area contributed by atoms with E-state index in [2.05, 4.69) is 0 Å². The molecule has 1 unspecified atom stereocenters. The first-order valence-electron chi connectivity index (χ1n) is 6.02. The molecule has 1 aliphatic heterocycles. The number of benzene rings is 1. The number of carbonyl (C=O) groups is 1. The summed E-state index contributed by atoms with van der Waals surface area (Å²) in [5.74, 6) is -1.84. The summed E-state index contributed by atoms with van der Waals surface area (Å²) in [6.07, 6.45) is -4.55. The van der Waals surface area contributed by atoms with E-state index in [0.29, 0.717) is 25.0 Å². The van der Waals surface area contributed by atoms with Gasteiger partial charge in [-0.15, -0.1) is 0 Å². The van der Waals surface area contributed by atoms with Gasteiger partial charge in [0, 0.05) is 13.2 Å². The second-order valence-corrected chi connectivity index (χ2v) is 4.38. The van der Waals surface area contributed by atoms with Gasteiger partial charge in [0.05, 0.1) is 0 Å². The molecule has 19 heavy (non-hydrogen) atoms. The van der Waals surface area contributed by atoms with Gasteiger partial charge < -0.3 is 9.64 Å². The van der Waals surface area contributed by atoms with Gasteiger partial charge >= 0.3 is 12.1 Å². The average Bonchev–Trinajstić information content (AvgIpc) is 2.89. The molecule has 0 aliphatic carbocycles. The molecule has 1 aliphatic rings. The molecule has 104 valence electrons. The smallest absolute Gasteiger partial charge is 0.358 e. The molecule has 1 aromatic rings. The lowest BCUT2D eigenvalue weighted by Crippen LogP contribution is -2.46. The minimum absolute atomic E-state index is 0.0934. The van der Waals surface area contributed by atoms with Crippen molar-refractivity contribution < 1.29 is 22.7 Å². The predicted octanol–water partition coefficient (Wildman–Crippen LogP) is 2.71. The largest absolute Gasteiger partial charge is 0.471 e. The van der Waals surface area contributed by atoms with Gasteiger partial charge in [0.15, 0.2) is 0 Å². The van der Waals surface area contributed by atoms with Crippen LogP contribution in [-0.4, -0.2) is 29.8 Å². The summed E-state index contributed by atoms with van der Waals surface area (Å²) < 4.78 is 43.0. The molecule has 1 atom stereocenters. The predicted molar refractivity (Wildman–Crippen MR) is 62.0 cm³/mol. The summed E-state index contributed by atoms with van der Waals surface area (Å²) in [7, 11) is 0. The van der Waals surface area contributed by atoms with E-state index in [4.69, 9.17) is 4.74 Å². The minimum atomic E-state index is -4.87. The summed E-state index contributed by atoms with van der Waals surface area (Å²) >= 11 is 0. The van der Waals surface area contributed by atoms with Crippen molar-refractivity contribution >= 4 is 5.91 Å². The highest BCUT2D eigenvalue weighted by Crippen LogP contribution is 2.26. The second kappa shape index (κ2) is 5.61. The third-order valence-electron chi connectivity index (χ3n) is 2.95. The zero-order valence-electron chi connectivity index (χ0n) is 10.2. The Morgan fingerprint density at radius 3 is 2.53 bits per heavy atom. The number of halogens is 3. The van der Waals surface area contributed by atoms with E-state index in [1.165, 1.54) is 0 Å². The SMILES string of the molecule is O=C(N(Cc1ccccc1)C1CCCO1)C(F)(F)F. The lowest BCUT2D eigenvalue weighted by atomic mass is 10.2. The van der Waals surface area contributed by atoms with Gasteiger partial charge in [0.1, 0.15) is 6.23 Å². The van der Waals surface area contributed by atoms with Crippen molar-refractivity contribution in [1.29, 1.82) is 0 Å². The molecule has 0 N–H and O–H groups in total. The topological polar surface area (TPSA) is 29.5 Å². The summed E-state index contributed by atoms with van der Waals surface area (Å²) in [6.45, 7) is 0.297. The van der Waals surface area contributed by atoms with Crippen LogP contribution in [0.1, 0.15) is 18.4 Å². The molecule has 3 nitrogen and oxygen atoms in total. The van der Waals surface area contributed by atoms with Crippen molar-refractivity contribution in [2.24, 2.45) is 0 Å². The van der Waals surface area contributed by atoms with Gasteiger partial charge in [-0.2, -0.15) is 13.2 Å². The van der Waals surface area contributed by atoms with Crippen LogP contribution in [0.15, 0.2) is 30.3 Å². The zero-order valence-corrected chi connectivity index (χ0v) is 10.2. The second-order valence-electron chi connectivity index (χ2n) is 4.38. The molecule has 2 rings (SSSR count). The summed E-state index contributed by atoms with van der Waals surface area (Å²) in [5, 5.41) is 0. The Balaban J connectivity index is 2.17. The molecular weight excluding hydrogens is 259 g/mol. The van der Waals surface area contributed by atoms with Gasteiger partial charge in [-0.1, -0.05) is 30.3 Å². The molecule has 1 saturated heterocycles. The molecular formula is C13H14F3NO2. The number of carbonyl (C=O) groups excluding carboxylic acids is 1. The summed E-state index contributed by atoms with van der Waals surface area (Å²) in [6, 6.07) is 8.59. The van der Waals surface area contributed by atoms with E-state index in [-0.39, 0.29) is 6.54 Å². The Morgan fingerprint density at radius 2 is 2.00 bits per heavy atom. The van der Waals surface area contributed by atoms with Gasteiger partial charge in [-0.3, -0.25) is 4.79 Å². The van der Waals surface area contributed by atoms with Crippen LogP contribution < -0.4 is 0 Å². The first-order valence-corrected chi connectivity index (χ1v) is 6.02. The maximum Gasteiger partial charge on any atom is 0.471 e. The zero-order chi connectivity index (χ0) is 13.9. The lowest BCUT2D eigenvalue weighted by molar-refractivity contribution is -0.196. The molecule has 1 aromatic carbocycles. The molecule has 6 heteroatoms. The average molecular weight is 273 g/mol. The molecule has 0 aromatic heterocycles. The van der Waals surface area contributed by atoms with E-state index >= 15 is 0 Å². The van der Waals surface area contributed by atoms with Crippen molar-refractivity contribution in [3.05, 3.63) is 35.9 Å². The van der Waals surface area contributed by atoms with Gasteiger partial charge in [-0.05, 0) is 18.4 Å². The van der Waals surface area contributed by atoms with Crippen LogP contribution in [0, 0.1) is 0 Å². The molecule has 1 heterocycles. The fourth-order valence-corrected chi connectivity index (χ4v) is 2.05. The van der Waals surface area contributed by atoms with E-state index < -0.39 is 18.3 Å². The monoisotopic (exact) mass is 273 g/mol. The Labute approximate surface area is 109 Å². The van der Waals surface area contributed by atoms with E-state index in [1.807, 2.05) is 0 Å². The standard InChI is InChI=1S/C13H14F3NO2/c14-13(15,16)12(18)17(11-7-4-8-19-11)9-10-5-2-1-3-6-10/h1-3,5-6,11H,4,7-9H2. The number of hydrogen-bond donors (Lipinski definition) is 0. The van der Waals surface area contributed by atoms with Crippen molar-refractivity contribution in [1.82, 2.24) is 4.90 Å². The highest BCUT2D eigenvalue weighted by atomic mass is 19.4. The quantitative estimate of drug-likeness (QED) is 0.847. The van der Waals surface area contributed by atoms with Crippen molar-refractivity contribution in [3.8, 4) is 0 Å². The van der Waals surface area contributed by atoms with Crippen LogP contribution in [0.25, 0.3) is 0 Å². The Kier molecular flexibility index (Phi) is 4.09. The van der Waals surface area contributed by atoms with Crippen LogP contribution in [0.4, 0.5) is 13.2 Å². The Hall–Kier alpha value is -1.56. The maximum absolute atomic E-state index is 12.6. The first kappa shape index (κ1) is 13.9. The molecule has 0 spiro atoms. The normalized spacial score (nSPS) is 19.4.